The molecular weight excluding hydrogens is 369 g/mol. The lowest BCUT2D eigenvalue weighted by atomic mass is 10.0. The molecule has 1 aromatic carbocycles. The van der Waals surface area contributed by atoms with Crippen LogP contribution in [0.5, 0.6) is 0 Å². The summed E-state index contributed by atoms with van der Waals surface area (Å²) in [6, 6.07) is 7.25. The summed E-state index contributed by atoms with van der Waals surface area (Å²) in [5.74, 6) is 0.345. The lowest BCUT2D eigenvalue weighted by molar-refractivity contribution is 0.0791. The number of nitrogens with zero attached hydrogens (tertiary/aromatic N) is 2. The number of rotatable bonds is 5. The fourth-order valence-corrected chi connectivity index (χ4v) is 2.51. The van der Waals surface area contributed by atoms with Gasteiger partial charge in [-0.2, -0.15) is 0 Å². The Kier molecular flexibility index (Phi) is 9.59. The van der Waals surface area contributed by atoms with Crippen LogP contribution in [0.25, 0.3) is 10.9 Å². The van der Waals surface area contributed by atoms with E-state index in [2.05, 4.69) is 18.8 Å². The number of amides is 1. The minimum Gasteiger partial charge on any atom is -0.342 e. The topological polar surface area (TPSA) is 59.2 Å². The summed E-state index contributed by atoms with van der Waals surface area (Å²) in [7, 11) is 1.79. The average Bonchev–Trinajstić information content (AvgIpc) is 2.52. The van der Waals surface area contributed by atoms with Crippen molar-refractivity contribution in [3.8, 4) is 0 Å². The Hall–Kier alpha value is -1.07. The maximum Gasteiger partial charge on any atom is 0.255 e. The van der Waals surface area contributed by atoms with Gasteiger partial charge >= 0.3 is 0 Å². The number of benzene rings is 1. The van der Waals surface area contributed by atoms with E-state index in [1.807, 2.05) is 12.1 Å². The van der Waals surface area contributed by atoms with Crippen LogP contribution in [-0.2, 0) is 0 Å². The first-order valence-electron chi connectivity index (χ1n) is 7.46. The molecule has 4 nitrogen and oxygen atoms in total. The molecule has 1 unspecified atom stereocenters. The van der Waals surface area contributed by atoms with Crippen molar-refractivity contribution < 1.29 is 4.79 Å². The fourth-order valence-electron chi connectivity index (χ4n) is 2.29. The van der Waals surface area contributed by atoms with Gasteiger partial charge in [0.15, 0.2) is 0 Å². The third-order valence-corrected chi connectivity index (χ3v) is 4.28. The fraction of sp³-hybridized carbons (Fsp3) is 0.412. The van der Waals surface area contributed by atoms with Crippen molar-refractivity contribution in [2.45, 2.75) is 26.3 Å². The number of hydrogen-bond acceptors (Lipinski definition) is 3. The van der Waals surface area contributed by atoms with Crippen LogP contribution in [0, 0.1) is 5.92 Å². The summed E-state index contributed by atoms with van der Waals surface area (Å²) < 4.78 is 0. The van der Waals surface area contributed by atoms with Gasteiger partial charge in [0.05, 0.1) is 16.1 Å². The van der Waals surface area contributed by atoms with Gasteiger partial charge in [-0.1, -0.05) is 25.4 Å². The molecule has 2 N–H and O–H groups in total. The minimum absolute atomic E-state index is 0. The molecule has 7 heteroatoms. The highest BCUT2D eigenvalue weighted by Gasteiger charge is 2.18. The van der Waals surface area contributed by atoms with E-state index in [-0.39, 0.29) is 36.8 Å². The molecule has 0 saturated carbocycles. The number of pyridine rings is 1. The smallest absolute Gasteiger partial charge is 0.255 e. The molecule has 0 aliphatic carbocycles. The van der Waals surface area contributed by atoms with Crippen molar-refractivity contribution in [2.75, 3.05) is 13.6 Å². The Bertz CT molecular complexity index is 679. The lowest BCUT2D eigenvalue weighted by Crippen LogP contribution is -2.34. The minimum atomic E-state index is -0.0590. The van der Waals surface area contributed by atoms with Crippen LogP contribution in [0.3, 0.4) is 0 Å². The SMILES string of the molecule is CC(C)C(N)CCN(C)C(=O)c1ccc(Cl)c2cccnc12.Cl.Cl. The first kappa shape index (κ1) is 22.9. The van der Waals surface area contributed by atoms with E-state index in [0.717, 1.165) is 11.8 Å². The van der Waals surface area contributed by atoms with Gasteiger partial charge in [-0.15, -0.1) is 24.8 Å². The Labute approximate surface area is 160 Å². The van der Waals surface area contributed by atoms with Crippen LogP contribution in [0.15, 0.2) is 30.5 Å². The third kappa shape index (κ3) is 5.21. The number of aromatic nitrogens is 1. The normalized spacial score (nSPS) is 11.6. The van der Waals surface area contributed by atoms with Gasteiger partial charge < -0.3 is 10.6 Å². The lowest BCUT2D eigenvalue weighted by Gasteiger charge is -2.22. The highest BCUT2D eigenvalue weighted by Crippen LogP contribution is 2.25. The van der Waals surface area contributed by atoms with E-state index in [9.17, 15) is 4.79 Å². The van der Waals surface area contributed by atoms with Crippen molar-refractivity contribution in [2.24, 2.45) is 11.7 Å². The summed E-state index contributed by atoms with van der Waals surface area (Å²) in [6.45, 7) is 4.79. The Morgan fingerprint density at radius 1 is 1.29 bits per heavy atom. The summed E-state index contributed by atoms with van der Waals surface area (Å²) in [5, 5.41) is 1.39. The molecule has 134 valence electrons. The van der Waals surface area contributed by atoms with E-state index < -0.39 is 0 Å². The molecule has 0 aliphatic rings. The predicted molar refractivity (Wildman–Crippen MR) is 106 cm³/mol. The van der Waals surface area contributed by atoms with Crippen molar-refractivity contribution in [3.63, 3.8) is 0 Å². The second-order valence-corrected chi connectivity index (χ2v) is 6.32. The van der Waals surface area contributed by atoms with E-state index in [4.69, 9.17) is 17.3 Å². The second-order valence-electron chi connectivity index (χ2n) is 5.92. The largest absolute Gasteiger partial charge is 0.342 e. The zero-order chi connectivity index (χ0) is 16.3. The van der Waals surface area contributed by atoms with Crippen LogP contribution >= 0.6 is 36.4 Å². The summed E-state index contributed by atoms with van der Waals surface area (Å²) >= 11 is 6.17. The monoisotopic (exact) mass is 391 g/mol. The maximum atomic E-state index is 12.7. The number of carbonyl (C=O) groups excluding carboxylic acids is 1. The first-order valence-corrected chi connectivity index (χ1v) is 7.84. The van der Waals surface area contributed by atoms with Gasteiger partial charge in [0.2, 0.25) is 0 Å². The molecular formula is C17H24Cl3N3O. The predicted octanol–water partition coefficient (Wildman–Crippen LogP) is 4.18. The van der Waals surface area contributed by atoms with Crippen LogP contribution < -0.4 is 5.73 Å². The van der Waals surface area contributed by atoms with Crippen LogP contribution in [-0.4, -0.2) is 35.4 Å². The molecule has 0 spiro atoms. The second kappa shape index (κ2) is 10.0. The molecule has 0 aliphatic heterocycles. The Balaban J connectivity index is 0.00000264. The molecule has 0 saturated heterocycles. The summed E-state index contributed by atoms with van der Waals surface area (Å²) in [4.78, 5) is 18.7. The Morgan fingerprint density at radius 2 is 1.96 bits per heavy atom. The van der Waals surface area contributed by atoms with Crippen LogP contribution in [0.1, 0.15) is 30.6 Å². The number of halogens is 3. The summed E-state index contributed by atoms with van der Waals surface area (Å²) in [6.07, 6.45) is 2.45. The van der Waals surface area contributed by atoms with Gasteiger partial charge in [0.1, 0.15) is 0 Å². The zero-order valence-corrected chi connectivity index (χ0v) is 16.4. The molecule has 1 heterocycles. The van der Waals surface area contributed by atoms with Crippen molar-refractivity contribution in [1.29, 1.82) is 0 Å². The van der Waals surface area contributed by atoms with Gasteiger partial charge in [-0.3, -0.25) is 9.78 Å². The van der Waals surface area contributed by atoms with Gasteiger partial charge in [-0.05, 0) is 36.6 Å². The molecule has 24 heavy (non-hydrogen) atoms. The number of carbonyl (C=O) groups is 1. The maximum absolute atomic E-state index is 12.7. The number of nitrogens with two attached hydrogens (primary N) is 1. The molecule has 1 aromatic heterocycles. The zero-order valence-electron chi connectivity index (χ0n) is 14.0. The first-order chi connectivity index (χ1) is 10.4. The molecule has 0 bridgehead atoms. The molecule has 2 aromatic rings. The summed E-state index contributed by atoms with van der Waals surface area (Å²) in [5.41, 5.74) is 7.26. The van der Waals surface area contributed by atoms with Crippen molar-refractivity contribution in [3.05, 3.63) is 41.0 Å². The molecule has 0 radical (unpaired) electrons. The van der Waals surface area contributed by atoms with E-state index in [0.29, 0.717) is 28.6 Å². The highest BCUT2D eigenvalue weighted by atomic mass is 35.5. The molecule has 1 atom stereocenters. The van der Waals surface area contributed by atoms with Crippen LogP contribution in [0.2, 0.25) is 5.02 Å². The number of fused-ring (bicyclic) bond motifs is 1. The molecule has 0 fully saturated rings. The van der Waals surface area contributed by atoms with E-state index in [1.54, 1.807) is 30.3 Å². The van der Waals surface area contributed by atoms with Gasteiger partial charge in [0, 0.05) is 31.2 Å². The molecule has 1 amide bonds. The Morgan fingerprint density at radius 3 is 2.58 bits per heavy atom. The average molecular weight is 393 g/mol. The van der Waals surface area contributed by atoms with E-state index in [1.165, 1.54) is 0 Å². The van der Waals surface area contributed by atoms with Crippen molar-refractivity contribution >= 4 is 53.2 Å². The van der Waals surface area contributed by atoms with E-state index >= 15 is 0 Å². The quantitative estimate of drug-likeness (QED) is 0.830. The molecule has 2 rings (SSSR count). The number of hydrogen-bond donors (Lipinski definition) is 1. The van der Waals surface area contributed by atoms with Crippen LogP contribution in [0.4, 0.5) is 0 Å². The highest BCUT2D eigenvalue weighted by molar-refractivity contribution is 6.36. The third-order valence-electron chi connectivity index (χ3n) is 3.95. The standard InChI is InChI=1S/C17H22ClN3O.2ClH/c1-11(2)15(19)8-10-21(3)17(22)13-6-7-14(18)12-5-4-9-20-16(12)13;;/h4-7,9,11,15H,8,10,19H2,1-3H3;2*1H. The van der Waals surface area contributed by atoms with Gasteiger partial charge in [-0.25, -0.2) is 0 Å². The van der Waals surface area contributed by atoms with Gasteiger partial charge in [0.25, 0.3) is 5.91 Å². The van der Waals surface area contributed by atoms with Crippen molar-refractivity contribution in [1.82, 2.24) is 9.88 Å².